The van der Waals surface area contributed by atoms with Crippen LogP contribution in [0.3, 0.4) is 0 Å². The third-order valence-corrected chi connectivity index (χ3v) is 6.75. The summed E-state index contributed by atoms with van der Waals surface area (Å²) >= 11 is 0. The van der Waals surface area contributed by atoms with Gasteiger partial charge in [-0.2, -0.15) is 0 Å². The summed E-state index contributed by atoms with van der Waals surface area (Å²) in [4.78, 5) is 0. The lowest BCUT2D eigenvalue weighted by Crippen LogP contribution is -2.43. The predicted octanol–water partition coefficient (Wildman–Crippen LogP) is 1.35. The van der Waals surface area contributed by atoms with Crippen LogP contribution in [-0.4, -0.2) is 38.9 Å². The maximum Gasteiger partial charge on any atom is 0.499 e. The van der Waals surface area contributed by atoms with Crippen LogP contribution in [0.4, 0.5) is 0 Å². The van der Waals surface area contributed by atoms with Crippen molar-refractivity contribution in [1.82, 2.24) is 0 Å². The van der Waals surface area contributed by atoms with Gasteiger partial charge in [0.15, 0.2) is 0 Å². The zero-order valence-corrected chi connectivity index (χ0v) is 10.9. The summed E-state index contributed by atoms with van der Waals surface area (Å²) in [5.74, 6) is 0. The summed E-state index contributed by atoms with van der Waals surface area (Å²) in [6, 6.07) is 2.18. The Morgan fingerprint density at radius 1 is 1.00 bits per heavy atom. The fourth-order valence-corrected chi connectivity index (χ4v) is 5.86. The summed E-state index contributed by atoms with van der Waals surface area (Å²) in [5.41, 5.74) is 0. The smallest absolute Gasteiger partial charge is 0.377 e. The molecular formula is C7H20O3Si2. The van der Waals surface area contributed by atoms with Crippen molar-refractivity contribution in [3.63, 3.8) is 0 Å². The molecule has 0 aromatic rings. The molecule has 0 aromatic heterocycles. The Balaban J connectivity index is 3.93. The molecule has 3 nitrogen and oxygen atoms in total. The van der Waals surface area contributed by atoms with Crippen LogP contribution < -0.4 is 0 Å². The second-order valence-corrected chi connectivity index (χ2v) is 9.68. The van der Waals surface area contributed by atoms with E-state index >= 15 is 0 Å². The van der Waals surface area contributed by atoms with Gasteiger partial charge in [-0.25, -0.2) is 0 Å². The van der Waals surface area contributed by atoms with Gasteiger partial charge in [-0.05, 0) is 0 Å². The van der Waals surface area contributed by atoms with Crippen LogP contribution in [0.1, 0.15) is 0 Å². The molecular weight excluding hydrogens is 188 g/mol. The predicted molar refractivity (Wildman–Crippen MR) is 55.3 cm³/mol. The first-order valence-electron chi connectivity index (χ1n) is 4.25. The first-order valence-corrected chi connectivity index (χ1v) is 9.31. The lowest BCUT2D eigenvalue weighted by atomic mass is 10.9. The van der Waals surface area contributed by atoms with E-state index in [0.717, 1.165) is 6.04 Å². The third-order valence-electron chi connectivity index (χ3n) is 1.96. The van der Waals surface area contributed by atoms with E-state index in [2.05, 4.69) is 13.1 Å². The van der Waals surface area contributed by atoms with Gasteiger partial charge >= 0.3 is 8.80 Å². The van der Waals surface area contributed by atoms with Crippen LogP contribution in [0.25, 0.3) is 0 Å². The minimum Gasteiger partial charge on any atom is -0.377 e. The van der Waals surface area contributed by atoms with Gasteiger partial charge in [-0.3, -0.25) is 0 Å². The molecule has 0 aliphatic rings. The van der Waals surface area contributed by atoms with Crippen molar-refractivity contribution in [3.05, 3.63) is 0 Å². The van der Waals surface area contributed by atoms with Crippen molar-refractivity contribution in [2.75, 3.05) is 21.3 Å². The Morgan fingerprint density at radius 2 is 1.42 bits per heavy atom. The molecule has 0 atom stereocenters. The highest BCUT2D eigenvalue weighted by molar-refractivity contribution is 6.64. The normalized spacial score (nSPS) is 12.5. The van der Waals surface area contributed by atoms with E-state index in [1.807, 2.05) is 0 Å². The SMILES string of the molecule is CO[Si](CC[SiH](C)C)(OC)OC. The standard InChI is InChI=1S/C7H20O3Si2/c1-8-12(9-2,10-3)7-6-11(4)5/h11H,6-7H2,1-5H3. The summed E-state index contributed by atoms with van der Waals surface area (Å²) in [5, 5.41) is 0. The highest BCUT2D eigenvalue weighted by Crippen LogP contribution is 2.16. The van der Waals surface area contributed by atoms with Gasteiger partial charge in [0.2, 0.25) is 0 Å². The van der Waals surface area contributed by atoms with Crippen molar-refractivity contribution in [1.29, 1.82) is 0 Å². The molecule has 0 spiro atoms. The fraction of sp³-hybridized carbons (Fsp3) is 1.00. The third kappa shape index (κ3) is 3.82. The van der Waals surface area contributed by atoms with Crippen LogP contribution in [0.5, 0.6) is 0 Å². The minimum atomic E-state index is -2.25. The quantitative estimate of drug-likeness (QED) is 0.617. The van der Waals surface area contributed by atoms with Gasteiger partial charge in [-0.1, -0.05) is 19.1 Å². The number of hydrogen-bond acceptors (Lipinski definition) is 3. The monoisotopic (exact) mass is 208 g/mol. The Labute approximate surface area is 78.0 Å². The summed E-state index contributed by atoms with van der Waals surface area (Å²) in [7, 11) is 2.24. The first-order chi connectivity index (χ1) is 5.60. The number of rotatable bonds is 6. The molecule has 0 aliphatic heterocycles. The number of hydrogen-bond donors (Lipinski definition) is 0. The lowest BCUT2D eigenvalue weighted by Gasteiger charge is -2.24. The molecule has 0 fully saturated rings. The average molecular weight is 208 g/mol. The Bertz CT molecular complexity index is 107. The van der Waals surface area contributed by atoms with Crippen LogP contribution in [0, 0.1) is 0 Å². The molecule has 0 rings (SSSR count). The van der Waals surface area contributed by atoms with Crippen LogP contribution in [0.15, 0.2) is 0 Å². The molecule has 5 heteroatoms. The molecule has 0 saturated carbocycles. The largest absolute Gasteiger partial charge is 0.499 e. The Kier molecular flexibility index (Phi) is 6.03. The molecule has 0 heterocycles. The van der Waals surface area contributed by atoms with Crippen molar-refractivity contribution in [3.8, 4) is 0 Å². The maximum absolute atomic E-state index is 5.30. The van der Waals surface area contributed by atoms with Gasteiger partial charge in [0.1, 0.15) is 0 Å². The molecule has 0 aliphatic carbocycles. The topological polar surface area (TPSA) is 27.7 Å². The molecule has 74 valence electrons. The summed E-state index contributed by atoms with van der Waals surface area (Å²) in [6.45, 7) is 4.64. The zero-order valence-electron chi connectivity index (χ0n) is 8.72. The molecule has 0 N–H and O–H groups in total. The maximum atomic E-state index is 5.30. The highest BCUT2D eigenvalue weighted by Gasteiger charge is 2.37. The van der Waals surface area contributed by atoms with E-state index in [1.54, 1.807) is 21.3 Å². The molecule has 0 aromatic carbocycles. The van der Waals surface area contributed by atoms with Gasteiger partial charge in [0.05, 0.1) is 0 Å². The first kappa shape index (κ1) is 12.3. The van der Waals surface area contributed by atoms with Crippen LogP contribution >= 0.6 is 0 Å². The van der Waals surface area contributed by atoms with E-state index in [0.29, 0.717) is 0 Å². The summed E-state index contributed by atoms with van der Waals surface area (Å²) in [6.07, 6.45) is 0. The van der Waals surface area contributed by atoms with Crippen LogP contribution in [-0.2, 0) is 13.3 Å². The second-order valence-electron chi connectivity index (χ2n) is 3.23. The van der Waals surface area contributed by atoms with E-state index in [1.165, 1.54) is 6.04 Å². The Morgan fingerprint density at radius 3 is 1.67 bits per heavy atom. The van der Waals surface area contributed by atoms with E-state index in [4.69, 9.17) is 13.3 Å². The van der Waals surface area contributed by atoms with Crippen molar-refractivity contribution in [2.45, 2.75) is 25.2 Å². The molecule has 0 unspecified atom stereocenters. The van der Waals surface area contributed by atoms with E-state index < -0.39 is 17.6 Å². The zero-order chi connectivity index (χ0) is 9.61. The molecule has 0 radical (unpaired) electrons. The molecule has 0 amide bonds. The van der Waals surface area contributed by atoms with Gasteiger partial charge < -0.3 is 13.3 Å². The lowest BCUT2D eigenvalue weighted by molar-refractivity contribution is 0.125. The van der Waals surface area contributed by atoms with Gasteiger partial charge in [0, 0.05) is 36.2 Å². The van der Waals surface area contributed by atoms with E-state index in [-0.39, 0.29) is 0 Å². The fourth-order valence-electron chi connectivity index (χ4n) is 1.02. The van der Waals surface area contributed by atoms with Crippen molar-refractivity contribution < 1.29 is 13.3 Å². The van der Waals surface area contributed by atoms with E-state index in [9.17, 15) is 0 Å². The van der Waals surface area contributed by atoms with Crippen LogP contribution in [0.2, 0.25) is 25.2 Å². The Hall–Kier alpha value is 0.314. The van der Waals surface area contributed by atoms with Gasteiger partial charge in [-0.15, -0.1) is 0 Å². The van der Waals surface area contributed by atoms with Crippen molar-refractivity contribution >= 4 is 17.6 Å². The molecule has 12 heavy (non-hydrogen) atoms. The summed E-state index contributed by atoms with van der Waals surface area (Å²) < 4.78 is 15.9. The van der Waals surface area contributed by atoms with Crippen molar-refractivity contribution in [2.24, 2.45) is 0 Å². The molecule has 0 saturated heterocycles. The molecule has 0 bridgehead atoms. The second kappa shape index (κ2) is 5.87. The minimum absolute atomic E-state index is 0.517. The van der Waals surface area contributed by atoms with Gasteiger partial charge in [0.25, 0.3) is 0 Å². The average Bonchev–Trinajstić information content (AvgIpc) is 2.08. The highest BCUT2D eigenvalue weighted by atomic mass is 28.4.